The van der Waals surface area contributed by atoms with E-state index in [1.165, 1.54) is 53.6 Å². The zero-order valence-electron chi connectivity index (χ0n) is 15.2. The van der Waals surface area contributed by atoms with Crippen molar-refractivity contribution in [3.05, 3.63) is 82.9 Å². The third-order valence-corrected chi connectivity index (χ3v) is 6.74. The molecule has 4 rings (SSSR count). The maximum atomic E-state index is 2.32. The van der Waals surface area contributed by atoms with E-state index >= 15 is 0 Å². The molecule has 0 nitrogen and oxygen atoms in total. The fraction of sp³-hybridized carbons (Fsp3) is 0.167. The third kappa shape index (κ3) is 2.73. The van der Waals surface area contributed by atoms with Crippen LogP contribution in [0.4, 0.5) is 0 Å². The van der Waals surface area contributed by atoms with Gasteiger partial charge in [0.1, 0.15) is 0 Å². The van der Waals surface area contributed by atoms with Gasteiger partial charge in [-0.25, -0.2) is 0 Å². The lowest BCUT2D eigenvalue weighted by atomic mass is 10.0. The number of aryl methyl sites for hydroxylation is 4. The fourth-order valence-corrected chi connectivity index (χ4v) is 4.95. The smallest absolute Gasteiger partial charge is 0.0187 e. The first-order valence-electron chi connectivity index (χ1n) is 8.72. The van der Waals surface area contributed by atoms with Crippen molar-refractivity contribution in [2.24, 2.45) is 0 Å². The number of fused-ring (bicyclic) bond motifs is 2. The molecule has 0 aliphatic rings. The normalized spacial score (nSPS) is 11.4. The highest BCUT2D eigenvalue weighted by atomic mass is 32.2. The monoisotopic (exact) mass is 342 g/mol. The fourth-order valence-electron chi connectivity index (χ4n) is 3.78. The highest BCUT2D eigenvalue weighted by molar-refractivity contribution is 7.99. The van der Waals surface area contributed by atoms with Crippen molar-refractivity contribution in [2.75, 3.05) is 0 Å². The van der Waals surface area contributed by atoms with E-state index in [4.69, 9.17) is 0 Å². The van der Waals surface area contributed by atoms with Gasteiger partial charge in [0.25, 0.3) is 0 Å². The van der Waals surface area contributed by atoms with Crippen LogP contribution in [0.15, 0.2) is 70.5 Å². The molecule has 0 amide bonds. The Kier molecular flexibility index (Phi) is 4.05. The van der Waals surface area contributed by atoms with Crippen LogP contribution in [0.25, 0.3) is 21.5 Å². The number of hydrogen-bond acceptors (Lipinski definition) is 1. The van der Waals surface area contributed by atoms with Crippen LogP contribution in [0.5, 0.6) is 0 Å². The highest BCUT2D eigenvalue weighted by Gasteiger charge is 2.14. The molecule has 0 saturated heterocycles. The van der Waals surface area contributed by atoms with E-state index in [9.17, 15) is 0 Å². The Hall–Kier alpha value is -2.25. The summed E-state index contributed by atoms with van der Waals surface area (Å²) in [5.74, 6) is 0. The van der Waals surface area contributed by atoms with Gasteiger partial charge in [-0.05, 0) is 71.5 Å². The van der Waals surface area contributed by atoms with E-state index in [0.29, 0.717) is 0 Å². The third-order valence-electron chi connectivity index (χ3n) is 5.08. The molecule has 0 aromatic heterocycles. The Bertz CT molecular complexity index is 1020. The lowest BCUT2D eigenvalue weighted by Crippen LogP contribution is -1.92. The summed E-state index contributed by atoms with van der Waals surface area (Å²) in [5.41, 5.74) is 5.47. The van der Waals surface area contributed by atoms with Crippen LogP contribution >= 0.6 is 11.8 Å². The Morgan fingerprint density at radius 1 is 0.560 bits per heavy atom. The molecule has 25 heavy (non-hydrogen) atoms. The molecule has 0 aliphatic carbocycles. The van der Waals surface area contributed by atoms with Gasteiger partial charge in [0.2, 0.25) is 0 Å². The van der Waals surface area contributed by atoms with Crippen molar-refractivity contribution >= 4 is 33.3 Å². The summed E-state index contributed by atoms with van der Waals surface area (Å²) >= 11 is 1.92. The quantitative estimate of drug-likeness (QED) is 0.366. The maximum Gasteiger partial charge on any atom is 0.0187 e. The van der Waals surface area contributed by atoms with E-state index in [2.05, 4.69) is 88.4 Å². The topological polar surface area (TPSA) is 0 Å². The van der Waals surface area contributed by atoms with E-state index in [0.717, 1.165) is 0 Å². The van der Waals surface area contributed by atoms with Crippen LogP contribution in [0, 0.1) is 27.7 Å². The Morgan fingerprint density at radius 3 is 1.40 bits per heavy atom. The Morgan fingerprint density at radius 2 is 0.960 bits per heavy atom. The van der Waals surface area contributed by atoms with Gasteiger partial charge in [0.05, 0.1) is 0 Å². The van der Waals surface area contributed by atoms with Gasteiger partial charge < -0.3 is 0 Å². The summed E-state index contributed by atoms with van der Waals surface area (Å²) in [6.07, 6.45) is 0. The summed E-state index contributed by atoms with van der Waals surface area (Å²) in [4.78, 5) is 2.78. The molecule has 0 radical (unpaired) electrons. The van der Waals surface area contributed by atoms with Crippen LogP contribution in [0.3, 0.4) is 0 Å². The summed E-state index contributed by atoms with van der Waals surface area (Å²) < 4.78 is 0. The van der Waals surface area contributed by atoms with Gasteiger partial charge in [-0.3, -0.25) is 0 Å². The van der Waals surface area contributed by atoms with Crippen molar-refractivity contribution in [3.63, 3.8) is 0 Å². The van der Waals surface area contributed by atoms with Gasteiger partial charge in [0, 0.05) is 9.79 Å². The molecule has 0 spiro atoms. The van der Waals surface area contributed by atoms with E-state index in [1.807, 2.05) is 11.8 Å². The summed E-state index contributed by atoms with van der Waals surface area (Å²) in [6, 6.07) is 22.0. The molecule has 4 aromatic carbocycles. The average molecular weight is 343 g/mol. The number of hydrogen-bond donors (Lipinski definition) is 0. The van der Waals surface area contributed by atoms with E-state index < -0.39 is 0 Å². The highest BCUT2D eigenvalue weighted by Crippen LogP contribution is 2.41. The number of rotatable bonds is 2. The lowest BCUT2D eigenvalue weighted by molar-refractivity contribution is 1.21. The molecule has 0 bridgehead atoms. The van der Waals surface area contributed by atoms with Crippen LogP contribution in [-0.2, 0) is 0 Å². The first-order chi connectivity index (χ1) is 12.1. The Labute approximate surface area is 153 Å². The first-order valence-corrected chi connectivity index (χ1v) is 9.53. The molecule has 0 N–H and O–H groups in total. The minimum atomic E-state index is 1.33. The lowest BCUT2D eigenvalue weighted by Gasteiger charge is -2.17. The standard InChI is InChI=1S/C24H22S/c1-15-13-19-9-5-7-11-21(19)17(3)23(15)25-24-16(2)14-20-10-6-8-12-22(20)18(24)4/h5-14H,1-4H3. The minimum Gasteiger partial charge on any atom is -0.0889 e. The zero-order valence-corrected chi connectivity index (χ0v) is 16.0. The second-order valence-corrected chi connectivity index (χ2v) is 7.86. The molecular formula is C24H22S. The van der Waals surface area contributed by atoms with E-state index in [-0.39, 0.29) is 0 Å². The van der Waals surface area contributed by atoms with Crippen molar-refractivity contribution in [3.8, 4) is 0 Å². The van der Waals surface area contributed by atoms with Crippen LogP contribution < -0.4 is 0 Å². The Balaban J connectivity index is 1.91. The molecule has 0 aliphatic heterocycles. The van der Waals surface area contributed by atoms with Crippen LogP contribution in [-0.4, -0.2) is 0 Å². The van der Waals surface area contributed by atoms with Crippen LogP contribution in [0.1, 0.15) is 22.3 Å². The van der Waals surface area contributed by atoms with Gasteiger partial charge in [-0.15, -0.1) is 0 Å². The second kappa shape index (κ2) is 6.24. The summed E-state index contributed by atoms with van der Waals surface area (Å²) in [6.45, 7) is 8.97. The SMILES string of the molecule is Cc1cc2ccccc2c(C)c1Sc1c(C)cc2ccccc2c1C. The summed E-state index contributed by atoms with van der Waals surface area (Å²) in [5, 5.41) is 5.36. The molecule has 0 fully saturated rings. The minimum absolute atomic E-state index is 1.33. The number of benzene rings is 4. The molecule has 0 atom stereocenters. The molecular weight excluding hydrogens is 320 g/mol. The predicted octanol–water partition coefficient (Wildman–Crippen LogP) is 7.38. The molecule has 0 heterocycles. The van der Waals surface area contributed by atoms with Gasteiger partial charge in [0.15, 0.2) is 0 Å². The predicted molar refractivity (Wildman–Crippen MR) is 111 cm³/mol. The largest absolute Gasteiger partial charge is 0.0889 e. The van der Waals surface area contributed by atoms with Crippen molar-refractivity contribution < 1.29 is 0 Å². The molecule has 4 aromatic rings. The molecule has 1 heteroatoms. The van der Waals surface area contributed by atoms with Gasteiger partial charge >= 0.3 is 0 Å². The average Bonchev–Trinajstić information content (AvgIpc) is 2.61. The van der Waals surface area contributed by atoms with Crippen molar-refractivity contribution in [2.45, 2.75) is 37.5 Å². The molecule has 0 saturated carbocycles. The van der Waals surface area contributed by atoms with Crippen molar-refractivity contribution in [1.29, 1.82) is 0 Å². The second-order valence-electron chi connectivity index (χ2n) is 6.84. The van der Waals surface area contributed by atoms with Gasteiger partial charge in [-0.1, -0.05) is 72.4 Å². The molecule has 124 valence electrons. The summed E-state index contributed by atoms with van der Waals surface area (Å²) in [7, 11) is 0. The van der Waals surface area contributed by atoms with Crippen LogP contribution in [0.2, 0.25) is 0 Å². The zero-order chi connectivity index (χ0) is 17.6. The first kappa shape index (κ1) is 16.2. The molecule has 0 unspecified atom stereocenters. The van der Waals surface area contributed by atoms with Gasteiger partial charge in [-0.2, -0.15) is 0 Å². The van der Waals surface area contributed by atoms with Crippen molar-refractivity contribution in [1.82, 2.24) is 0 Å². The van der Waals surface area contributed by atoms with E-state index in [1.54, 1.807) is 0 Å². The maximum absolute atomic E-state index is 2.32.